The number of hydrogen-bond acceptors (Lipinski definition) is 6. The molecule has 0 atom stereocenters. The maximum atomic E-state index is 5.94. The van der Waals surface area contributed by atoms with Crippen LogP contribution in [0.2, 0.25) is 5.02 Å². The van der Waals surface area contributed by atoms with Gasteiger partial charge in [0.2, 0.25) is 0 Å². The molecule has 2 aromatic heterocycles. The molecule has 0 fully saturated rings. The van der Waals surface area contributed by atoms with E-state index in [1.807, 2.05) is 72.8 Å². The van der Waals surface area contributed by atoms with E-state index in [2.05, 4.69) is 20.7 Å². The first kappa shape index (κ1) is 21.2. The van der Waals surface area contributed by atoms with Crippen molar-refractivity contribution in [2.75, 3.05) is 12.4 Å². The Hall–Kier alpha value is -3.61. The summed E-state index contributed by atoms with van der Waals surface area (Å²) in [4.78, 5) is 9.90. The molecule has 0 saturated carbocycles. The molecule has 3 aromatic carbocycles. The van der Waals surface area contributed by atoms with E-state index in [4.69, 9.17) is 21.1 Å². The summed E-state index contributed by atoms with van der Waals surface area (Å²) < 4.78 is 11.2. The predicted octanol–water partition coefficient (Wildman–Crippen LogP) is 7.34. The molecular formula is C26H20ClN3O2S. The van der Waals surface area contributed by atoms with E-state index in [9.17, 15) is 0 Å². The molecule has 0 radical (unpaired) electrons. The first-order valence-corrected chi connectivity index (χ1v) is 11.6. The van der Waals surface area contributed by atoms with Gasteiger partial charge >= 0.3 is 0 Å². The Morgan fingerprint density at radius 2 is 1.61 bits per heavy atom. The fraction of sp³-hybridized carbons (Fsp3) is 0.0769. The molecule has 0 bridgehead atoms. The van der Waals surface area contributed by atoms with Crippen molar-refractivity contribution in [2.45, 2.75) is 6.61 Å². The molecule has 0 amide bonds. The van der Waals surface area contributed by atoms with Crippen molar-refractivity contribution < 1.29 is 9.47 Å². The Morgan fingerprint density at radius 1 is 0.879 bits per heavy atom. The highest BCUT2D eigenvalue weighted by atomic mass is 35.5. The van der Waals surface area contributed by atoms with Crippen molar-refractivity contribution in [2.24, 2.45) is 0 Å². The highest BCUT2D eigenvalue weighted by molar-refractivity contribution is 7.17. The number of hydrogen-bond donors (Lipinski definition) is 1. The van der Waals surface area contributed by atoms with E-state index in [0.29, 0.717) is 11.6 Å². The second-order valence-corrected chi connectivity index (χ2v) is 8.64. The van der Waals surface area contributed by atoms with Gasteiger partial charge in [0.05, 0.1) is 12.5 Å². The van der Waals surface area contributed by atoms with Gasteiger partial charge < -0.3 is 14.8 Å². The molecule has 33 heavy (non-hydrogen) atoms. The Labute approximate surface area is 200 Å². The van der Waals surface area contributed by atoms with E-state index >= 15 is 0 Å². The predicted molar refractivity (Wildman–Crippen MR) is 135 cm³/mol. The molecule has 7 heteroatoms. The van der Waals surface area contributed by atoms with E-state index in [0.717, 1.165) is 49.9 Å². The number of halogens is 1. The van der Waals surface area contributed by atoms with Crippen LogP contribution < -0.4 is 14.8 Å². The van der Waals surface area contributed by atoms with Gasteiger partial charge in [-0.1, -0.05) is 35.9 Å². The van der Waals surface area contributed by atoms with Crippen LogP contribution >= 0.6 is 22.9 Å². The first-order valence-electron chi connectivity index (χ1n) is 10.3. The van der Waals surface area contributed by atoms with Gasteiger partial charge in [-0.25, -0.2) is 9.97 Å². The third kappa shape index (κ3) is 4.77. The maximum absolute atomic E-state index is 5.94. The number of benzene rings is 3. The van der Waals surface area contributed by atoms with E-state index in [1.54, 1.807) is 24.8 Å². The van der Waals surface area contributed by atoms with Crippen LogP contribution in [0.5, 0.6) is 11.5 Å². The number of anilines is 2. The lowest BCUT2D eigenvalue weighted by Gasteiger charge is -2.10. The topological polar surface area (TPSA) is 56.3 Å². The Bertz CT molecular complexity index is 1370. The summed E-state index contributed by atoms with van der Waals surface area (Å²) in [6.07, 6.45) is 1.59. The van der Waals surface area contributed by atoms with E-state index in [1.165, 1.54) is 0 Å². The zero-order valence-corrected chi connectivity index (χ0v) is 19.4. The normalized spacial score (nSPS) is 10.8. The third-order valence-electron chi connectivity index (χ3n) is 5.21. The van der Waals surface area contributed by atoms with Crippen molar-refractivity contribution in [3.8, 4) is 22.6 Å². The second-order valence-electron chi connectivity index (χ2n) is 7.34. The van der Waals surface area contributed by atoms with Crippen LogP contribution in [0.1, 0.15) is 5.56 Å². The third-order valence-corrected chi connectivity index (χ3v) is 6.35. The summed E-state index contributed by atoms with van der Waals surface area (Å²) in [5, 5.41) is 7.26. The lowest BCUT2D eigenvalue weighted by atomic mass is 10.1. The van der Waals surface area contributed by atoms with Crippen molar-refractivity contribution in [3.05, 3.63) is 95.1 Å². The average molecular weight is 474 g/mol. The number of fused-ring (bicyclic) bond motifs is 1. The summed E-state index contributed by atoms with van der Waals surface area (Å²) in [6, 6.07) is 23.5. The maximum Gasteiger partial charge on any atom is 0.143 e. The molecule has 0 aliphatic rings. The van der Waals surface area contributed by atoms with Crippen molar-refractivity contribution >= 4 is 44.7 Å². The highest BCUT2D eigenvalue weighted by Crippen LogP contribution is 2.38. The number of nitrogens with zero attached hydrogens (tertiary/aromatic N) is 2. The fourth-order valence-corrected chi connectivity index (χ4v) is 4.51. The molecule has 0 aliphatic carbocycles. The number of aromatic nitrogens is 2. The lowest BCUT2D eigenvalue weighted by Crippen LogP contribution is -1.97. The SMILES string of the molecule is COc1ccc(-c2csc3ncnc(Nc4ccc(OCc5ccc(Cl)cc5)cc4)c23)cc1. The quantitative estimate of drug-likeness (QED) is 0.268. The minimum atomic E-state index is 0.483. The number of nitrogens with one attached hydrogen (secondary N) is 1. The Balaban J connectivity index is 1.35. The van der Waals surface area contributed by atoms with Crippen molar-refractivity contribution in [1.82, 2.24) is 9.97 Å². The number of thiophene rings is 1. The number of ether oxygens (including phenoxy) is 2. The molecule has 1 N–H and O–H groups in total. The van der Waals surface area contributed by atoms with E-state index < -0.39 is 0 Å². The monoisotopic (exact) mass is 473 g/mol. The minimum Gasteiger partial charge on any atom is -0.497 e. The molecule has 0 aliphatic heterocycles. The van der Waals surface area contributed by atoms with Gasteiger partial charge in [0.1, 0.15) is 35.1 Å². The van der Waals surface area contributed by atoms with Crippen LogP contribution in [0.25, 0.3) is 21.3 Å². The molecule has 0 unspecified atom stereocenters. The molecular weight excluding hydrogens is 454 g/mol. The van der Waals surface area contributed by atoms with Crippen LogP contribution in [-0.2, 0) is 6.61 Å². The summed E-state index contributed by atoms with van der Waals surface area (Å²) in [5.74, 6) is 2.38. The summed E-state index contributed by atoms with van der Waals surface area (Å²) >= 11 is 7.54. The lowest BCUT2D eigenvalue weighted by molar-refractivity contribution is 0.306. The minimum absolute atomic E-state index is 0.483. The van der Waals surface area contributed by atoms with Crippen molar-refractivity contribution in [3.63, 3.8) is 0 Å². The number of methoxy groups -OCH3 is 1. The fourth-order valence-electron chi connectivity index (χ4n) is 3.47. The molecule has 164 valence electrons. The second kappa shape index (κ2) is 9.48. The Morgan fingerprint density at radius 3 is 2.33 bits per heavy atom. The molecule has 0 saturated heterocycles. The molecule has 0 spiro atoms. The molecule has 5 nitrogen and oxygen atoms in total. The van der Waals surface area contributed by atoms with Crippen LogP contribution in [0.4, 0.5) is 11.5 Å². The van der Waals surface area contributed by atoms with Gasteiger partial charge in [-0.3, -0.25) is 0 Å². The molecule has 2 heterocycles. The van der Waals surface area contributed by atoms with Gasteiger partial charge in [-0.05, 0) is 59.7 Å². The summed E-state index contributed by atoms with van der Waals surface area (Å²) in [6.45, 7) is 0.483. The van der Waals surface area contributed by atoms with Gasteiger partial charge in [0.15, 0.2) is 0 Å². The largest absolute Gasteiger partial charge is 0.497 e. The van der Waals surface area contributed by atoms with Crippen LogP contribution in [0.3, 0.4) is 0 Å². The van der Waals surface area contributed by atoms with Crippen molar-refractivity contribution in [1.29, 1.82) is 0 Å². The zero-order chi connectivity index (χ0) is 22.6. The first-order chi connectivity index (χ1) is 16.2. The number of rotatable bonds is 7. The molecule has 5 rings (SSSR count). The van der Waals surface area contributed by atoms with Gasteiger partial charge in [-0.2, -0.15) is 0 Å². The van der Waals surface area contributed by atoms with Gasteiger partial charge in [-0.15, -0.1) is 11.3 Å². The van der Waals surface area contributed by atoms with Crippen LogP contribution in [0.15, 0.2) is 84.5 Å². The van der Waals surface area contributed by atoms with Crippen LogP contribution in [-0.4, -0.2) is 17.1 Å². The zero-order valence-electron chi connectivity index (χ0n) is 17.8. The van der Waals surface area contributed by atoms with E-state index in [-0.39, 0.29) is 0 Å². The smallest absolute Gasteiger partial charge is 0.143 e. The standard InChI is InChI=1S/C26H20ClN3O2S/c1-31-21-10-4-18(5-11-21)23-15-33-26-24(23)25(28-16-29-26)30-20-8-12-22(13-9-20)32-14-17-2-6-19(27)7-3-17/h2-13,15-16H,14H2,1H3,(H,28,29,30). The molecule has 5 aromatic rings. The summed E-state index contributed by atoms with van der Waals surface area (Å²) in [7, 11) is 1.67. The summed E-state index contributed by atoms with van der Waals surface area (Å²) in [5.41, 5.74) is 4.16. The Kier molecular flexibility index (Phi) is 6.11. The van der Waals surface area contributed by atoms with Gasteiger partial charge in [0, 0.05) is 21.7 Å². The van der Waals surface area contributed by atoms with Gasteiger partial charge in [0.25, 0.3) is 0 Å². The highest BCUT2D eigenvalue weighted by Gasteiger charge is 2.13. The average Bonchev–Trinajstić information content (AvgIpc) is 3.30. The van der Waals surface area contributed by atoms with Crippen LogP contribution in [0, 0.1) is 0 Å².